The lowest BCUT2D eigenvalue weighted by molar-refractivity contribution is 0.952. The molecule has 0 amide bonds. The summed E-state index contributed by atoms with van der Waals surface area (Å²) in [6.07, 6.45) is 4.54. The Hall–Kier alpha value is -3.12. The molecule has 0 fully saturated rings. The third-order valence-corrected chi connectivity index (χ3v) is 4.25. The number of halogens is 1. The highest BCUT2D eigenvalue weighted by Gasteiger charge is 2.04. The zero-order valence-corrected chi connectivity index (χ0v) is 14.7. The average molecular weight is 365 g/mol. The van der Waals surface area contributed by atoms with Crippen molar-refractivity contribution < 1.29 is 0 Å². The zero-order valence-electron chi connectivity index (χ0n) is 13.9. The fourth-order valence-corrected chi connectivity index (χ4v) is 2.99. The first-order valence-corrected chi connectivity index (χ1v) is 8.67. The van der Waals surface area contributed by atoms with Gasteiger partial charge in [-0.1, -0.05) is 35.9 Å². The smallest absolute Gasteiger partial charge is 0.249 e. The lowest BCUT2D eigenvalue weighted by atomic mass is 10.1. The van der Waals surface area contributed by atoms with Crippen molar-refractivity contribution >= 4 is 40.0 Å². The van der Waals surface area contributed by atoms with E-state index in [1.165, 1.54) is 10.9 Å². The molecule has 0 saturated heterocycles. The van der Waals surface area contributed by atoms with Crippen molar-refractivity contribution in [3.05, 3.63) is 71.5 Å². The standard InChI is InChI=1S/C19H17ClN6/c20-14-4-3-5-15(10-14)24-19-25-18(12-23-26-19)21-9-8-13-11-22-17-7-2-1-6-16(13)17/h1-7,10-12,22H,8-9H2,(H2,21,24,25,26). The average Bonchev–Trinajstić information content (AvgIpc) is 3.06. The number of aromatic nitrogens is 4. The van der Waals surface area contributed by atoms with Crippen molar-refractivity contribution in [1.29, 1.82) is 0 Å². The van der Waals surface area contributed by atoms with Crippen LogP contribution >= 0.6 is 11.6 Å². The van der Waals surface area contributed by atoms with E-state index in [0.717, 1.165) is 24.2 Å². The molecule has 4 rings (SSSR count). The van der Waals surface area contributed by atoms with Gasteiger partial charge in [0.1, 0.15) is 0 Å². The summed E-state index contributed by atoms with van der Waals surface area (Å²) in [7, 11) is 0. The second-order valence-electron chi connectivity index (χ2n) is 5.84. The Bertz CT molecular complexity index is 1030. The van der Waals surface area contributed by atoms with Crippen LogP contribution in [0.3, 0.4) is 0 Å². The van der Waals surface area contributed by atoms with Crippen molar-refractivity contribution in [3.8, 4) is 0 Å². The van der Waals surface area contributed by atoms with Gasteiger partial charge >= 0.3 is 0 Å². The highest BCUT2D eigenvalue weighted by Crippen LogP contribution is 2.19. The molecule has 0 unspecified atom stereocenters. The second-order valence-corrected chi connectivity index (χ2v) is 6.27. The minimum Gasteiger partial charge on any atom is -0.368 e. The summed E-state index contributed by atoms with van der Waals surface area (Å²) in [6, 6.07) is 15.7. The van der Waals surface area contributed by atoms with Gasteiger partial charge in [0, 0.05) is 34.4 Å². The fourth-order valence-electron chi connectivity index (χ4n) is 2.80. The monoisotopic (exact) mass is 364 g/mol. The van der Waals surface area contributed by atoms with Crippen LogP contribution in [0.15, 0.2) is 60.9 Å². The maximum atomic E-state index is 5.99. The number of nitrogens with one attached hydrogen (secondary N) is 3. The largest absolute Gasteiger partial charge is 0.368 e. The Balaban J connectivity index is 1.39. The van der Waals surface area contributed by atoms with Gasteiger partial charge < -0.3 is 15.6 Å². The first-order chi connectivity index (χ1) is 12.8. The fraction of sp³-hybridized carbons (Fsp3) is 0.105. The molecule has 2 heterocycles. The normalized spacial score (nSPS) is 10.8. The predicted molar refractivity (Wildman–Crippen MR) is 105 cm³/mol. The highest BCUT2D eigenvalue weighted by atomic mass is 35.5. The topological polar surface area (TPSA) is 78.5 Å². The van der Waals surface area contributed by atoms with Gasteiger partial charge in [-0.25, -0.2) is 0 Å². The van der Waals surface area contributed by atoms with Crippen LogP contribution in [-0.4, -0.2) is 26.7 Å². The summed E-state index contributed by atoms with van der Waals surface area (Å²) in [6.45, 7) is 0.747. The molecular weight excluding hydrogens is 348 g/mol. The Morgan fingerprint density at radius 1 is 1.08 bits per heavy atom. The minimum atomic E-state index is 0.421. The first kappa shape index (κ1) is 16.4. The summed E-state index contributed by atoms with van der Waals surface area (Å²) < 4.78 is 0. The third-order valence-electron chi connectivity index (χ3n) is 4.01. The highest BCUT2D eigenvalue weighted by molar-refractivity contribution is 6.30. The Labute approximate surface area is 155 Å². The zero-order chi connectivity index (χ0) is 17.8. The SMILES string of the molecule is Clc1cccc(Nc2nncc(NCCc3c[nH]c4ccccc34)n2)c1. The molecule has 2 aromatic heterocycles. The van der Waals surface area contributed by atoms with Gasteiger partial charge in [-0.3, -0.25) is 0 Å². The predicted octanol–water partition coefficient (Wildman–Crippen LogP) is 4.40. The summed E-state index contributed by atoms with van der Waals surface area (Å²) >= 11 is 5.99. The van der Waals surface area contributed by atoms with Crippen LogP contribution in [0.25, 0.3) is 10.9 Å². The molecule has 130 valence electrons. The summed E-state index contributed by atoms with van der Waals surface area (Å²) in [5.41, 5.74) is 3.24. The summed E-state index contributed by atoms with van der Waals surface area (Å²) in [5, 5.41) is 16.3. The van der Waals surface area contributed by atoms with Crippen molar-refractivity contribution in [2.75, 3.05) is 17.2 Å². The number of H-pyrrole nitrogens is 1. The quantitative estimate of drug-likeness (QED) is 0.472. The first-order valence-electron chi connectivity index (χ1n) is 8.29. The lowest BCUT2D eigenvalue weighted by Crippen LogP contribution is -2.08. The van der Waals surface area contributed by atoms with Gasteiger partial charge in [-0.2, -0.15) is 10.1 Å². The molecule has 0 bridgehead atoms. The van der Waals surface area contributed by atoms with Crippen LogP contribution in [0, 0.1) is 0 Å². The van der Waals surface area contributed by atoms with E-state index < -0.39 is 0 Å². The summed E-state index contributed by atoms with van der Waals surface area (Å²) in [5.74, 6) is 1.09. The van der Waals surface area contributed by atoms with E-state index in [-0.39, 0.29) is 0 Å². The number of anilines is 3. The Morgan fingerprint density at radius 2 is 2.00 bits per heavy atom. The van der Waals surface area contributed by atoms with E-state index in [2.05, 4.69) is 55.2 Å². The van der Waals surface area contributed by atoms with E-state index >= 15 is 0 Å². The van der Waals surface area contributed by atoms with E-state index in [0.29, 0.717) is 16.8 Å². The molecule has 0 aliphatic rings. The number of para-hydroxylation sites is 1. The molecule has 2 aromatic carbocycles. The van der Waals surface area contributed by atoms with E-state index in [4.69, 9.17) is 11.6 Å². The number of benzene rings is 2. The van der Waals surface area contributed by atoms with Gasteiger partial charge in [0.2, 0.25) is 5.95 Å². The molecule has 3 N–H and O–H groups in total. The van der Waals surface area contributed by atoms with Gasteiger partial charge in [0.05, 0.1) is 6.20 Å². The molecule has 26 heavy (non-hydrogen) atoms. The number of hydrogen-bond donors (Lipinski definition) is 3. The van der Waals surface area contributed by atoms with Crippen LogP contribution < -0.4 is 10.6 Å². The maximum Gasteiger partial charge on any atom is 0.249 e. The summed E-state index contributed by atoms with van der Waals surface area (Å²) in [4.78, 5) is 7.72. The van der Waals surface area contributed by atoms with Crippen molar-refractivity contribution in [2.24, 2.45) is 0 Å². The van der Waals surface area contributed by atoms with Crippen molar-refractivity contribution in [1.82, 2.24) is 20.2 Å². The number of nitrogens with zero attached hydrogens (tertiary/aromatic N) is 3. The number of rotatable bonds is 6. The van der Waals surface area contributed by atoms with Crippen LogP contribution in [0.2, 0.25) is 5.02 Å². The van der Waals surface area contributed by atoms with E-state index in [1.54, 1.807) is 6.20 Å². The maximum absolute atomic E-state index is 5.99. The minimum absolute atomic E-state index is 0.421. The van der Waals surface area contributed by atoms with Crippen LogP contribution in [0.5, 0.6) is 0 Å². The molecule has 7 heteroatoms. The molecule has 4 aromatic rings. The van der Waals surface area contributed by atoms with Crippen LogP contribution in [-0.2, 0) is 6.42 Å². The van der Waals surface area contributed by atoms with Gasteiger partial charge in [0.25, 0.3) is 0 Å². The van der Waals surface area contributed by atoms with Crippen LogP contribution in [0.1, 0.15) is 5.56 Å². The molecule has 0 saturated carbocycles. The number of hydrogen-bond acceptors (Lipinski definition) is 5. The van der Waals surface area contributed by atoms with Gasteiger partial charge in [0.15, 0.2) is 5.82 Å². The molecular formula is C19H17ClN6. The molecule has 0 aliphatic heterocycles. The van der Waals surface area contributed by atoms with Crippen molar-refractivity contribution in [3.63, 3.8) is 0 Å². The number of fused-ring (bicyclic) bond motifs is 1. The lowest BCUT2D eigenvalue weighted by Gasteiger charge is -2.07. The Morgan fingerprint density at radius 3 is 2.92 bits per heavy atom. The molecule has 0 radical (unpaired) electrons. The van der Waals surface area contributed by atoms with Crippen molar-refractivity contribution in [2.45, 2.75) is 6.42 Å². The van der Waals surface area contributed by atoms with Crippen LogP contribution in [0.4, 0.5) is 17.5 Å². The molecule has 6 nitrogen and oxygen atoms in total. The Kier molecular flexibility index (Phi) is 4.66. The second kappa shape index (κ2) is 7.41. The molecule has 0 atom stereocenters. The third kappa shape index (κ3) is 3.75. The molecule has 0 spiro atoms. The van der Waals surface area contributed by atoms with Gasteiger partial charge in [-0.15, -0.1) is 5.10 Å². The van der Waals surface area contributed by atoms with E-state index in [1.807, 2.05) is 30.3 Å². The van der Waals surface area contributed by atoms with E-state index in [9.17, 15) is 0 Å². The van der Waals surface area contributed by atoms with Gasteiger partial charge in [-0.05, 0) is 36.2 Å². The molecule has 0 aliphatic carbocycles. The number of aromatic amines is 1.